The number of hydrogen-bond acceptors (Lipinski definition) is 6. The molecule has 0 N–H and O–H groups in total. The minimum atomic E-state index is -0.467. The third-order valence-corrected chi connectivity index (χ3v) is 2.56. The van der Waals surface area contributed by atoms with Crippen LogP contribution in [0.2, 0.25) is 0 Å². The Labute approximate surface area is 99.6 Å². The molecule has 2 heterocycles. The van der Waals surface area contributed by atoms with Crippen LogP contribution in [0.4, 0.5) is 5.82 Å². The van der Waals surface area contributed by atoms with E-state index in [4.69, 9.17) is 4.74 Å². The Morgan fingerprint density at radius 2 is 2.29 bits per heavy atom. The Kier molecular flexibility index (Phi) is 3.87. The molecule has 1 fully saturated rings. The van der Waals surface area contributed by atoms with Crippen LogP contribution in [0.5, 0.6) is 0 Å². The Balaban J connectivity index is 2.16. The van der Waals surface area contributed by atoms with E-state index in [9.17, 15) is 4.79 Å². The number of rotatable bonds is 2. The van der Waals surface area contributed by atoms with Crippen molar-refractivity contribution in [2.24, 2.45) is 0 Å². The third kappa shape index (κ3) is 2.91. The van der Waals surface area contributed by atoms with Gasteiger partial charge in [0, 0.05) is 19.7 Å². The van der Waals surface area contributed by atoms with Crippen molar-refractivity contribution in [3.8, 4) is 0 Å². The van der Waals surface area contributed by atoms with Crippen molar-refractivity contribution in [1.82, 2.24) is 9.97 Å². The molecule has 1 aromatic heterocycles. The molecular formula is C11H15N3O3. The van der Waals surface area contributed by atoms with Crippen LogP contribution in [0.15, 0.2) is 12.4 Å². The number of esters is 1. The normalized spacial score (nSPS) is 16.4. The lowest BCUT2D eigenvalue weighted by Gasteiger charge is -2.20. The van der Waals surface area contributed by atoms with Crippen molar-refractivity contribution in [3.63, 3.8) is 0 Å². The molecule has 0 atom stereocenters. The van der Waals surface area contributed by atoms with E-state index in [-0.39, 0.29) is 5.69 Å². The van der Waals surface area contributed by atoms with Gasteiger partial charge in [-0.25, -0.2) is 9.78 Å². The van der Waals surface area contributed by atoms with Crippen LogP contribution in [-0.2, 0) is 9.47 Å². The second-order valence-electron chi connectivity index (χ2n) is 3.71. The second-order valence-corrected chi connectivity index (χ2v) is 3.71. The van der Waals surface area contributed by atoms with Crippen LogP contribution < -0.4 is 4.90 Å². The standard InChI is InChI=1S/C11H15N3O3/c1-16-11(15)9-7-12-8-10(13-9)14-3-2-5-17-6-4-14/h7-8H,2-6H2,1H3. The topological polar surface area (TPSA) is 64.5 Å². The smallest absolute Gasteiger partial charge is 0.358 e. The molecule has 1 aromatic rings. The molecule has 1 saturated heterocycles. The maximum Gasteiger partial charge on any atom is 0.358 e. The highest BCUT2D eigenvalue weighted by Crippen LogP contribution is 2.12. The summed E-state index contributed by atoms with van der Waals surface area (Å²) in [6.45, 7) is 3.06. The van der Waals surface area contributed by atoms with Crippen molar-refractivity contribution in [1.29, 1.82) is 0 Å². The molecule has 1 aliphatic rings. The number of methoxy groups -OCH3 is 1. The quantitative estimate of drug-likeness (QED) is 0.697. The van der Waals surface area contributed by atoms with Gasteiger partial charge >= 0.3 is 5.97 Å². The van der Waals surface area contributed by atoms with E-state index in [2.05, 4.69) is 19.6 Å². The van der Waals surface area contributed by atoms with E-state index in [0.717, 1.165) is 26.1 Å². The number of carbonyl (C=O) groups is 1. The third-order valence-electron chi connectivity index (χ3n) is 2.56. The molecule has 0 aliphatic carbocycles. The van der Waals surface area contributed by atoms with Gasteiger partial charge in [-0.15, -0.1) is 0 Å². The monoisotopic (exact) mass is 237 g/mol. The van der Waals surface area contributed by atoms with Crippen LogP contribution in [0, 0.1) is 0 Å². The number of ether oxygens (including phenoxy) is 2. The van der Waals surface area contributed by atoms with Crippen molar-refractivity contribution >= 4 is 11.8 Å². The van der Waals surface area contributed by atoms with Crippen LogP contribution >= 0.6 is 0 Å². The summed E-state index contributed by atoms with van der Waals surface area (Å²) in [5.74, 6) is 0.226. The number of aromatic nitrogens is 2. The molecule has 0 unspecified atom stereocenters. The number of carbonyl (C=O) groups excluding carboxylic acids is 1. The van der Waals surface area contributed by atoms with Crippen LogP contribution in [0.3, 0.4) is 0 Å². The van der Waals surface area contributed by atoms with Crippen LogP contribution in [0.25, 0.3) is 0 Å². The summed E-state index contributed by atoms with van der Waals surface area (Å²) in [5, 5.41) is 0. The zero-order valence-electron chi connectivity index (χ0n) is 9.76. The molecule has 0 radical (unpaired) electrons. The fourth-order valence-corrected chi connectivity index (χ4v) is 1.69. The van der Waals surface area contributed by atoms with E-state index < -0.39 is 5.97 Å². The predicted molar refractivity (Wildman–Crippen MR) is 61.0 cm³/mol. The van der Waals surface area contributed by atoms with Crippen LogP contribution in [-0.4, -0.2) is 49.4 Å². The van der Waals surface area contributed by atoms with Gasteiger partial charge in [0.15, 0.2) is 5.69 Å². The van der Waals surface area contributed by atoms with Crippen molar-refractivity contribution in [3.05, 3.63) is 18.1 Å². The highest BCUT2D eigenvalue weighted by molar-refractivity contribution is 5.87. The lowest BCUT2D eigenvalue weighted by molar-refractivity contribution is 0.0593. The Bertz CT molecular complexity index is 389. The van der Waals surface area contributed by atoms with Crippen molar-refractivity contribution in [2.75, 3.05) is 38.3 Å². The largest absolute Gasteiger partial charge is 0.464 e. The molecule has 0 saturated carbocycles. The van der Waals surface area contributed by atoms with Gasteiger partial charge in [0.25, 0.3) is 0 Å². The lowest BCUT2D eigenvalue weighted by atomic mass is 10.4. The summed E-state index contributed by atoms with van der Waals surface area (Å²) in [7, 11) is 1.33. The Morgan fingerprint density at radius 3 is 3.12 bits per heavy atom. The maximum atomic E-state index is 11.3. The van der Waals surface area contributed by atoms with Gasteiger partial charge < -0.3 is 14.4 Å². The first-order chi connectivity index (χ1) is 8.31. The molecule has 0 spiro atoms. The van der Waals surface area contributed by atoms with Gasteiger partial charge in [-0.1, -0.05) is 0 Å². The number of nitrogens with zero attached hydrogens (tertiary/aromatic N) is 3. The van der Waals surface area contributed by atoms with Crippen molar-refractivity contribution < 1.29 is 14.3 Å². The molecule has 2 rings (SSSR count). The fraction of sp³-hybridized carbons (Fsp3) is 0.545. The van der Waals surface area contributed by atoms with Gasteiger partial charge in [0.05, 0.1) is 26.1 Å². The molecule has 6 nitrogen and oxygen atoms in total. The molecule has 0 aromatic carbocycles. The summed E-state index contributed by atoms with van der Waals surface area (Å²) in [5.41, 5.74) is 0.232. The molecule has 6 heteroatoms. The van der Waals surface area contributed by atoms with E-state index in [1.54, 1.807) is 6.20 Å². The Morgan fingerprint density at radius 1 is 1.41 bits per heavy atom. The average Bonchev–Trinajstić information content (AvgIpc) is 2.67. The first kappa shape index (κ1) is 11.8. The molecular weight excluding hydrogens is 222 g/mol. The molecule has 0 bridgehead atoms. The van der Waals surface area contributed by atoms with Gasteiger partial charge in [-0.2, -0.15) is 0 Å². The average molecular weight is 237 g/mol. The first-order valence-corrected chi connectivity index (χ1v) is 5.54. The Hall–Kier alpha value is -1.69. The molecule has 1 aliphatic heterocycles. The highest BCUT2D eigenvalue weighted by Gasteiger charge is 2.14. The van der Waals surface area contributed by atoms with E-state index in [1.807, 2.05) is 0 Å². The van der Waals surface area contributed by atoms with E-state index in [1.165, 1.54) is 13.3 Å². The van der Waals surface area contributed by atoms with Gasteiger partial charge in [0.1, 0.15) is 5.82 Å². The molecule has 0 amide bonds. The summed E-state index contributed by atoms with van der Waals surface area (Å²) in [6.07, 6.45) is 4.01. The van der Waals surface area contributed by atoms with Gasteiger partial charge in [0.2, 0.25) is 0 Å². The zero-order valence-corrected chi connectivity index (χ0v) is 9.76. The number of anilines is 1. The minimum Gasteiger partial charge on any atom is -0.464 e. The second kappa shape index (κ2) is 5.58. The van der Waals surface area contributed by atoms with E-state index in [0.29, 0.717) is 12.4 Å². The number of hydrogen-bond donors (Lipinski definition) is 0. The van der Waals surface area contributed by atoms with Crippen LogP contribution in [0.1, 0.15) is 16.9 Å². The molecule has 92 valence electrons. The van der Waals surface area contributed by atoms with Gasteiger partial charge in [-0.05, 0) is 6.42 Å². The zero-order chi connectivity index (χ0) is 12.1. The fourth-order valence-electron chi connectivity index (χ4n) is 1.69. The van der Waals surface area contributed by atoms with E-state index >= 15 is 0 Å². The highest BCUT2D eigenvalue weighted by atomic mass is 16.5. The lowest BCUT2D eigenvalue weighted by Crippen LogP contribution is -2.27. The SMILES string of the molecule is COC(=O)c1cncc(N2CCCOCC2)n1. The predicted octanol–water partition coefficient (Wildman–Crippen LogP) is 0.490. The molecule has 17 heavy (non-hydrogen) atoms. The summed E-state index contributed by atoms with van der Waals surface area (Å²) < 4.78 is 9.98. The summed E-state index contributed by atoms with van der Waals surface area (Å²) in [6, 6.07) is 0. The summed E-state index contributed by atoms with van der Waals surface area (Å²) in [4.78, 5) is 21.7. The first-order valence-electron chi connectivity index (χ1n) is 5.54. The minimum absolute atomic E-state index is 0.232. The van der Waals surface area contributed by atoms with Gasteiger partial charge in [-0.3, -0.25) is 4.98 Å². The maximum absolute atomic E-state index is 11.3. The summed E-state index contributed by atoms with van der Waals surface area (Å²) >= 11 is 0. The van der Waals surface area contributed by atoms with Crippen molar-refractivity contribution in [2.45, 2.75) is 6.42 Å².